The van der Waals surface area contributed by atoms with Crippen molar-refractivity contribution < 1.29 is 14.3 Å². The van der Waals surface area contributed by atoms with E-state index in [1.165, 1.54) is 7.11 Å². The highest BCUT2D eigenvalue weighted by molar-refractivity contribution is 14.1. The first-order valence-electron chi connectivity index (χ1n) is 6.72. The van der Waals surface area contributed by atoms with Crippen LogP contribution in [0.3, 0.4) is 0 Å². The van der Waals surface area contributed by atoms with Gasteiger partial charge in [0.15, 0.2) is 6.10 Å². The van der Waals surface area contributed by atoms with E-state index in [0.717, 1.165) is 11.1 Å². The molecule has 0 aliphatic rings. The molecule has 1 aromatic carbocycles. The Hall–Kier alpha value is -1.14. The molecule has 0 fully saturated rings. The highest BCUT2D eigenvalue weighted by atomic mass is 127. The minimum atomic E-state index is -0.715. The third kappa shape index (κ3) is 4.97. The van der Waals surface area contributed by atoms with Gasteiger partial charge in [0.25, 0.3) is 0 Å². The highest BCUT2D eigenvalue weighted by Gasteiger charge is 2.27. The van der Waals surface area contributed by atoms with Crippen molar-refractivity contribution in [2.45, 2.75) is 26.1 Å². The van der Waals surface area contributed by atoms with E-state index < -0.39 is 6.10 Å². The summed E-state index contributed by atoms with van der Waals surface area (Å²) in [4.78, 5) is 12.4. The number of halogens is 1. The van der Waals surface area contributed by atoms with Crippen LogP contribution in [0.2, 0.25) is 0 Å². The molecule has 0 amide bonds. The molecular formula is C17H21IO3. The minimum absolute atomic E-state index is 0.0354. The largest absolute Gasteiger partial charge is 0.455 e. The van der Waals surface area contributed by atoms with E-state index in [1.807, 2.05) is 48.3 Å². The van der Waals surface area contributed by atoms with Gasteiger partial charge in [-0.2, -0.15) is 0 Å². The van der Waals surface area contributed by atoms with Crippen LogP contribution < -0.4 is 0 Å². The summed E-state index contributed by atoms with van der Waals surface area (Å²) in [6.07, 6.45) is 0.743. The predicted octanol–water partition coefficient (Wildman–Crippen LogP) is 4.45. The molecule has 0 N–H and O–H groups in total. The molecule has 3 nitrogen and oxygen atoms in total. The maximum Gasteiger partial charge on any atom is 0.340 e. The molecule has 0 unspecified atom stereocenters. The summed E-state index contributed by atoms with van der Waals surface area (Å²) in [5, 5.41) is 0. The Morgan fingerprint density at radius 2 is 1.95 bits per heavy atom. The van der Waals surface area contributed by atoms with E-state index in [0.29, 0.717) is 0 Å². The zero-order chi connectivity index (χ0) is 15.8. The van der Waals surface area contributed by atoms with Gasteiger partial charge in [-0.25, -0.2) is 4.79 Å². The molecule has 0 saturated carbocycles. The van der Waals surface area contributed by atoms with Crippen LogP contribution in [0.1, 0.15) is 25.5 Å². The second-order valence-electron chi connectivity index (χ2n) is 4.83. The molecule has 0 heterocycles. The van der Waals surface area contributed by atoms with Gasteiger partial charge in [-0.1, -0.05) is 65.9 Å². The number of rotatable bonds is 7. The van der Waals surface area contributed by atoms with Crippen molar-refractivity contribution >= 4 is 28.6 Å². The van der Waals surface area contributed by atoms with E-state index in [-0.39, 0.29) is 18.0 Å². The lowest BCUT2D eigenvalue weighted by Gasteiger charge is -2.25. The molecule has 21 heavy (non-hydrogen) atoms. The molecule has 0 saturated heterocycles. The van der Waals surface area contributed by atoms with Crippen LogP contribution in [0.4, 0.5) is 0 Å². The van der Waals surface area contributed by atoms with Crippen LogP contribution in [-0.2, 0) is 14.3 Å². The van der Waals surface area contributed by atoms with Crippen LogP contribution in [-0.4, -0.2) is 19.2 Å². The number of ether oxygens (including phenoxy) is 2. The smallest absolute Gasteiger partial charge is 0.340 e. The summed E-state index contributed by atoms with van der Waals surface area (Å²) in [6.45, 7) is 7.69. The van der Waals surface area contributed by atoms with Crippen LogP contribution >= 0.6 is 22.6 Å². The molecule has 0 aromatic heterocycles. The van der Waals surface area contributed by atoms with Gasteiger partial charge >= 0.3 is 5.97 Å². The van der Waals surface area contributed by atoms with Gasteiger partial charge in [0.1, 0.15) is 6.10 Å². The maximum atomic E-state index is 12.4. The second kappa shape index (κ2) is 9.00. The lowest BCUT2D eigenvalue weighted by Crippen LogP contribution is -2.29. The molecule has 0 aliphatic carbocycles. The van der Waals surface area contributed by atoms with Crippen molar-refractivity contribution in [3.8, 4) is 0 Å². The zero-order valence-electron chi connectivity index (χ0n) is 12.6. The predicted molar refractivity (Wildman–Crippen MR) is 93.2 cm³/mol. The van der Waals surface area contributed by atoms with E-state index >= 15 is 0 Å². The van der Waals surface area contributed by atoms with Crippen molar-refractivity contribution in [2.24, 2.45) is 5.92 Å². The summed E-state index contributed by atoms with van der Waals surface area (Å²) < 4.78 is 12.9. The number of hydrogen-bond acceptors (Lipinski definition) is 3. The third-order valence-electron chi connectivity index (χ3n) is 3.27. The van der Waals surface area contributed by atoms with Gasteiger partial charge in [-0.3, -0.25) is 0 Å². The van der Waals surface area contributed by atoms with Gasteiger partial charge in [0.2, 0.25) is 0 Å². The van der Waals surface area contributed by atoms with Crippen LogP contribution in [0.15, 0.2) is 52.6 Å². The molecule has 0 aliphatic heterocycles. The summed E-state index contributed by atoms with van der Waals surface area (Å²) >= 11 is 2.14. The third-order valence-corrected chi connectivity index (χ3v) is 4.25. The summed E-state index contributed by atoms with van der Waals surface area (Å²) in [5.41, 5.74) is 1.77. The second-order valence-corrected chi connectivity index (χ2v) is 5.45. The fourth-order valence-corrected chi connectivity index (χ4v) is 2.34. The van der Waals surface area contributed by atoms with E-state index in [9.17, 15) is 4.79 Å². The molecule has 4 heteroatoms. The first kappa shape index (κ1) is 17.9. The minimum Gasteiger partial charge on any atom is -0.455 e. The molecule has 3 atom stereocenters. The van der Waals surface area contributed by atoms with Crippen LogP contribution in [0.25, 0.3) is 0 Å². The Labute approximate surface area is 140 Å². The van der Waals surface area contributed by atoms with Gasteiger partial charge < -0.3 is 9.47 Å². The molecule has 1 aromatic rings. The Kier molecular flexibility index (Phi) is 7.67. The Morgan fingerprint density at radius 3 is 2.43 bits per heavy atom. The molecular weight excluding hydrogens is 379 g/mol. The number of methoxy groups -OCH3 is 1. The fourth-order valence-electron chi connectivity index (χ4n) is 1.98. The quantitative estimate of drug-likeness (QED) is 0.386. The molecule has 114 valence electrons. The van der Waals surface area contributed by atoms with Crippen LogP contribution in [0, 0.1) is 5.92 Å². The number of benzene rings is 1. The highest BCUT2D eigenvalue weighted by Crippen LogP contribution is 2.24. The summed E-state index contributed by atoms with van der Waals surface area (Å²) in [5.74, 6) is -0.353. The van der Waals surface area contributed by atoms with Gasteiger partial charge in [-0.15, -0.1) is 6.58 Å². The van der Waals surface area contributed by atoms with Gasteiger partial charge in [0.05, 0.1) is 0 Å². The van der Waals surface area contributed by atoms with Crippen molar-refractivity contribution in [1.29, 1.82) is 0 Å². The molecule has 0 spiro atoms. The monoisotopic (exact) mass is 400 g/mol. The SMILES string of the molecule is C=C[C@H](C)[C@H](OC(=O)[C@H](OC)c1ccccc1)/C(C)=C/I. The Morgan fingerprint density at radius 1 is 1.33 bits per heavy atom. The summed E-state index contributed by atoms with van der Waals surface area (Å²) in [7, 11) is 1.51. The van der Waals surface area contributed by atoms with Gasteiger partial charge in [0, 0.05) is 13.0 Å². The topological polar surface area (TPSA) is 35.5 Å². The van der Waals surface area contributed by atoms with Crippen molar-refractivity contribution in [3.63, 3.8) is 0 Å². The number of carbonyl (C=O) groups is 1. The normalized spacial score (nSPS) is 15.9. The number of hydrogen-bond donors (Lipinski definition) is 0. The Balaban J connectivity index is 2.92. The van der Waals surface area contributed by atoms with Gasteiger partial charge in [-0.05, 0) is 22.1 Å². The first-order chi connectivity index (χ1) is 10.0. The summed E-state index contributed by atoms with van der Waals surface area (Å²) in [6, 6.07) is 9.33. The average molecular weight is 400 g/mol. The standard InChI is InChI=1S/C17H21IO3/c1-5-12(2)15(13(3)11-18)21-17(19)16(20-4)14-9-7-6-8-10-14/h5-12,15-16H,1H2,2-4H3/b13-11+/t12-,15-,16+/m0/s1. The van der Waals surface area contributed by atoms with E-state index in [4.69, 9.17) is 9.47 Å². The fraction of sp³-hybridized carbons (Fsp3) is 0.353. The molecule has 0 bridgehead atoms. The maximum absolute atomic E-state index is 12.4. The lowest BCUT2D eigenvalue weighted by molar-refractivity contribution is -0.161. The average Bonchev–Trinajstić information content (AvgIpc) is 2.52. The first-order valence-corrected chi connectivity index (χ1v) is 7.97. The van der Waals surface area contributed by atoms with Crippen molar-refractivity contribution in [3.05, 3.63) is 58.2 Å². The zero-order valence-corrected chi connectivity index (χ0v) is 14.7. The van der Waals surface area contributed by atoms with Crippen molar-refractivity contribution in [2.75, 3.05) is 7.11 Å². The molecule has 1 rings (SSSR count). The van der Waals surface area contributed by atoms with Crippen LogP contribution in [0.5, 0.6) is 0 Å². The van der Waals surface area contributed by atoms with E-state index in [2.05, 4.69) is 29.2 Å². The van der Waals surface area contributed by atoms with E-state index in [1.54, 1.807) is 6.08 Å². The Bertz CT molecular complexity index is 496. The number of carbonyl (C=O) groups excluding carboxylic acids is 1. The lowest BCUT2D eigenvalue weighted by atomic mass is 9.99. The number of esters is 1. The molecule has 0 radical (unpaired) electrons. The van der Waals surface area contributed by atoms with Crippen molar-refractivity contribution in [1.82, 2.24) is 0 Å².